The predicted molar refractivity (Wildman–Crippen MR) is 134 cm³/mol. The molecule has 2 aromatic heterocycles. The molecule has 0 radical (unpaired) electrons. The summed E-state index contributed by atoms with van der Waals surface area (Å²) in [5.74, 6) is -0.670. The zero-order valence-electron chi connectivity index (χ0n) is 20.1. The van der Waals surface area contributed by atoms with Gasteiger partial charge in [-0.05, 0) is 54.8 Å². The van der Waals surface area contributed by atoms with Crippen molar-refractivity contribution in [3.05, 3.63) is 114 Å². The summed E-state index contributed by atoms with van der Waals surface area (Å²) in [5, 5.41) is 5.49. The van der Waals surface area contributed by atoms with Crippen molar-refractivity contribution < 1.29 is 23.2 Å². The first-order valence-electron chi connectivity index (χ1n) is 11.5. The molecule has 4 rings (SSSR count). The van der Waals surface area contributed by atoms with Crippen molar-refractivity contribution in [2.24, 2.45) is 0 Å². The number of hydrogen-bond acceptors (Lipinski definition) is 5. The van der Waals surface area contributed by atoms with Crippen LogP contribution in [-0.4, -0.2) is 24.3 Å². The number of para-hydroxylation sites is 1. The quantitative estimate of drug-likeness (QED) is 0.368. The van der Waals surface area contributed by atoms with Gasteiger partial charge in [-0.1, -0.05) is 48.5 Å². The minimum atomic E-state index is -0.992. The number of aryl methyl sites for hydroxylation is 2. The minimum absolute atomic E-state index is 0.0947. The average molecular weight is 486 g/mol. The predicted octanol–water partition coefficient (Wildman–Crippen LogP) is 4.31. The Kier molecular flexibility index (Phi) is 7.65. The summed E-state index contributed by atoms with van der Waals surface area (Å²) in [5.41, 5.74) is 2.88. The molecule has 8 heteroatoms. The first kappa shape index (κ1) is 24.5. The molecule has 184 valence electrons. The molecule has 36 heavy (non-hydrogen) atoms. The number of carbonyl (C=O) groups is 3. The molecule has 1 atom stereocenters. The lowest BCUT2D eigenvalue weighted by Gasteiger charge is -2.33. The average Bonchev–Trinajstić information content (AvgIpc) is 3.60. The second-order valence-electron chi connectivity index (χ2n) is 8.27. The molecule has 0 aliphatic rings. The van der Waals surface area contributed by atoms with Gasteiger partial charge in [0.25, 0.3) is 5.91 Å². The largest absolute Gasteiger partial charge is 0.467 e. The molecule has 0 spiro atoms. The summed E-state index contributed by atoms with van der Waals surface area (Å²) >= 11 is 0. The van der Waals surface area contributed by atoms with E-state index in [1.165, 1.54) is 23.5 Å². The van der Waals surface area contributed by atoms with E-state index < -0.39 is 17.9 Å². The fourth-order valence-electron chi connectivity index (χ4n) is 4.06. The van der Waals surface area contributed by atoms with Gasteiger partial charge >= 0.3 is 0 Å². The SMILES string of the molecule is Cc1cccc(C)c1N(C(=O)CNC(=O)c1ccco1)[C@@H](C(=O)NCc1ccco1)c1ccccc1. The van der Waals surface area contributed by atoms with Gasteiger partial charge in [-0.2, -0.15) is 0 Å². The molecule has 0 saturated heterocycles. The normalized spacial score (nSPS) is 11.5. The summed E-state index contributed by atoms with van der Waals surface area (Å²) in [6.45, 7) is 3.60. The standard InChI is InChI=1S/C28H27N3O5/c1-19-9-6-10-20(2)25(19)31(24(32)18-30-27(33)23-14-8-16-36-23)26(21-11-4-3-5-12-21)28(34)29-17-22-13-7-15-35-22/h3-16,26H,17-18H2,1-2H3,(H,29,34)(H,30,33)/t26-/m1/s1. The molecule has 0 saturated carbocycles. The van der Waals surface area contributed by atoms with E-state index in [0.29, 0.717) is 17.0 Å². The van der Waals surface area contributed by atoms with Crippen LogP contribution in [0, 0.1) is 13.8 Å². The van der Waals surface area contributed by atoms with Crippen molar-refractivity contribution in [3.8, 4) is 0 Å². The third-order valence-corrected chi connectivity index (χ3v) is 5.73. The van der Waals surface area contributed by atoms with Gasteiger partial charge in [-0.15, -0.1) is 0 Å². The summed E-state index contributed by atoms with van der Waals surface area (Å²) < 4.78 is 10.5. The van der Waals surface area contributed by atoms with E-state index in [1.54, 1.807) is 30.3 Å². The van der Waals surface area contributed by atoms with E-state index in [2.05, 4.69) is 10.6 Å². The van der Waals surface area contributed by atoms with Crippen molar-refractivity contribution in [1.29, 1.82) is 0 Å². The molecular weight excluding hydrogens is 458 g/mol. The molecule has 4 aromatic rings. The van der Waals surface area contributed by atoms with Gasteiger partial charge in [0, 0.05) is 0 Å². The van der Waals surface area contributed by atoms with Crippen LogP contribution >= 0.6 is 0 Å². The Labute approximate surface area is 208 Å². The Morgan fingerprint density at radius 3 is 2.14 bits per heavy atom. The number of nitrogens with one attached hydrogen (secondary N) is 2. The van der Waals surface area contributed by atoms with Crippen LogP contribution in [0.5, 0.6) is 0 Å². The van der Waals surface area contributed by atoms with Gasteiger partial charge in [0.1, 0.15) is 11.8 Å². The highest BCUT2D eigenvalue weighted by Gasteiger charge is 2.34. The molecule has 8 nitrogen and oxygen atoms in total. The zero-order valence-corrected chi connectivity index (χ0v) is 20.1. The van der Waals surface area contributed by atoms with E-state index >= 15 is 0 Å². The molecule has 2 heterocycles. The molecule has 0 aliphatic carbocycles. The van der Waals surface area contributed by atoms with Gasteiger partial charge in [0.15, 0.2) is 5.76 Å². The van der Waals surface area contributed by atoms with E-state index in [1.807, 2.05) is 50.2 Å². The van der Waals surface area contributed by atoms with E-state index in [0.717, 1.165) is 11.1 Å². The molecule has 0 bridgehead atoms. The van der Waals surface area contributed by atoms with Crippen LogP contribution in [0.4, 0.5) is 5.69 Å². The van der Waals surface area contributed by atoms with Gasteiger partial charge < -0.3 is 19.5 Å². The number of nitrogens with zero attached hydrogens (tertiary/aromatic N) is 1. The highest BCUT2D eigenvalue weighted by Crippen LogP contribution is 2.33. The number of amides is 3. The Balaban J connectivity index is 1.71. The van der Waals surface area contributed by atoms with Crippen LogP contribution in [0.3, 0.4) is 0 Å². The Bertz CT molecular complexity index is 1290. The molecule has 3 amide bonds. The second kappa shape index (κ2) is 11.2. The van der Waals surface area contributed by atoms with Crippen LogP contribution in [0.1, 0.15) is 39.0 Å². The van der Waals surface area contributed by atoms with Crippen molar-refractivity contribution >= 4 is 23.4 Å². The molecule has 2 N–H and O–H groups in total. The third kappa shape index (κ3) is 5.55. The lowest BCUT2D eigenvalue weighted by molar-refractivity contribution is -0.126. The topological polar surface area (TPSA) is 105 Å². The second-order valence-corrected chi connectivity index (χ2v) is 8.27. The van der Waals surface area contributed by atoms with E-state index in [4.69, 9.17) is 8.83 Å². The van der Waals surface area contributed by atoms with Gasteiger partial charge in [0.05, 0.1) is 31.3 Å². The highest BCUT2D eigenvalue weighted by atomic mass is 16.3. The number of rotatable bonds is 9. The summed E-state index contributed by atoms with van der Waals surface area (Å²) in [4.78, 5) is 41.3. The van der Waals surface area contributed by atoms with Gasteiger partial charge in [0.2, 0.25) is 11.8 Å². The summed E-state index contributed by atoms with van der Waals surface area (Å²) in [6, 6.07) is 20.3. The molecule has 0 fully saturated rings. The van der Waals surface area contributed by atoms with Crippen LogP contribution in [0.2, 0.25) is 0 Å². The fraction of sp³-hybridized carbons (Fsp3) is 0.179. The molecule has 2 aromatic carbocycles. The first-order chi connectivity index (χ1) is 17.5. The van der Waals surface area contributed by atoms with Crippen molar-refractivity contribution in [2.75, 3.05) is 11.4 Å². The van der Waals surface area contributed by atoms with Crippen molar-refractivity contribution in [2.45, 2.75) is 26.4 Å². The number of benzene rings is 2. The third-order valence-electron chi connectivity index (χ3n) is 5.73. The van der Waals surface area contributed by atoms with Crippen LogP contribution in [0.25, 0.3) is 0 Å². The summed E-state index contributed by atoms with van der Waals surface area (Å²) in [6.07, 6.45) is 2.92. The maximum absolute atomic E-state index is 13.8. The Morgan fingerprint density at radius 1 is 0.806 bits per heavy atom. The summed E-state index contributed by atoms with van der Waals surface area (Å²) in [7, 11) is 0. The molecule has 0 unspecified atom stereocenters. The molecule has 0 aliphatic heterocycles. The smallest absolute Gasteiger partial charge is 0.287 e. The van der Waals surface area contributed by atoms with E-state index in [-0.39, 0.29) is 24.8 Å². The number of anilines is 1. The van der Waals surface area contributed by atoms with Crippen LogP contribution < -0.4 is 15.5 Å². The number of furan rings is 2. The fourth-order valence-corrected chi connectivity index (χ4v) is 4.06. The monoisotopic (exact) mass is 485 g/mol. The lowest BCUT2D eigenvalue weighted by atomic mass is 9.99. The highest BCUT2D eigenvalue weighted by molar-refractivity contribution is 6.05. The van der Waals surface area contributed by atoms with Gasteiger partial charge in [-0.25, -0.2) is 0 Å². The maximum Gasteiger partial charge on any atom is 0.287 e. The number of carbonyl (C=O) groups excluding carboxylic acids is 3. The van der Waals surface area contributed by atoms with Crippen LogP contribution in [0.15, 0.2) is 94.2 Å². The Hall–Kier alpha value is -4.59. The molecular formula is C28H27N3O5. The number of hydrogen-bond donors (Lipinski definition) is 2. The van der Waals surface area contributed by atoms with E-state index in [9.17, 15) is 14.4 Å². The Morgan fingerprint density at radius 2 is 1.50 bits per heavy atom. The van der Waals surface area contributed by atoms with Gasteiger partial charge in [-0.3, -0.25) is 19.3 Å². The zero-order chi connectivity index (χ0) is 25.5. The minimum Gasteiger partial charge on any atom is -0.467 e. The van der Waals surface area contributed by atoms with Crippen molar-refractivity contribution in [1.82, 2.24) is 10.6 Å². The first-order valence-corrected chi connectivity index (χ1v) is 11.5. The maximum atomic E-state index is 13.8. The van der Waals surface area contributed by atoms with Crippen molar-refractivity contribution in [3.63, 3.8) is 0 Å². The van der Waals surface area contributed by atoms with Crippen LogP contribution in [-0.2, 0) is 16.1 Å². The lowest BCUT2D eigenvalue weighted by Crippen LogP contribution is -2.48.